The van der Waals surface area contributed by atoms with Gasteiger partial charge in [-0.25, -0.2) is 4.39 Å². The van der Waals surface area contributed by atoms with Gasteiger partial charge in [-0.3, -0.25) is 9.69 Å². The van der Waals surface area contributed by atoms with Crippen molar-refractivity contribution in [3.63, 3.8) is 0 Å². The van der Waals surface area contributed by atoms with E-state index in [2.05, 4.69) is 4.90 Å². The fourth-order valence-corrected chi connectivity index (χ4v) is 2.39. The van der Waals surface area contributed by atoms with Gasteiger partial charge in [-0.05, 0) is 30.7 Å². The number of piperazine rings is 1. The third kappa shape index (κ3) is 3.30. The van der Waals surface area contributed by atoms with E-state index in [1.807, 2.05) is 4.90 Å². The minimum atomic E-state index is -0.304. The summed E-state index contributed by atoms with van der Waals surface area (Å²) in [5.41, 5.74) is 6.80. The van der Waals surface area contributed by atoms with Crippen molar-refractivity contribution in [2.45, 2.75) is 6.92 Å². The molecule has 0 bridgehead atoms. The normalized spacial score (nSPS) is 16.7. The SMILES string of the molecule is Cc1cc(F)ccc1C(=O)N1CCN(CCN)CC1. The number of hydrogen-bond donors (Lipinski definition) is 1. The summed E-state index contributed by atoms with van der Waals surface area (Å²) in [6.45, 7) is 6.39. The fourth-order valence-electron chi connectivity index (χ4n) is 2.39. The van der Waals surface area contributed by atoms with Crippen molar-refractivity contribution in [1.82, 2.24) is 9.80 Å². The Hall–Kier alpha value is -1.46. The van der Waals surface area contributed by atoms with Crippen LogP contribution in [0, 0.1) is 12.7 Å². The molecule has 0 spiro atoms. The number of nitrogens with zero attached hydrogens (tertiary/aromatic N) is 2. The van der Waals surface area contributed by atoms with E-state index < -0.39 is 0 Å². The first-order valence-electron chi connectivity index (χ1n) is 6.59. The molecule has 0 aliphatic carbocycles. The van der Waals surface area contributed by atoms with Crippen molar-refractivity contribution >= 4 is 5.91 Å². The van der Waals surface area contributed by atoms with Gasteiger partial charge in [0, 0.05) is 44.8 Å². The molecule has 2 rings (SSSR count). The molecule has 4 nitrogen and oxygen atoms in total. The molecule has 1 saturated heterocycles. The van der Waals surface area contributed by atoms with Gasteiger partial charge in [0.1, 0.15) is 5.82 Å². The van der Waals surface area contributed by atoms with Crippen molar-refractivity contribution in [2.75, 3.05) is 39.3 Å². The summed E-state index contributed by atoms with van der Waals surface area (Å²) < 4.78 is 13.0. The second-order valence-electron chi connectivity index (χ2n) is 4.88. The number of rotatable bonds is 3. The molecule has 19 heavy (non-hydrogen) atoms. The Morgan fingerprint density at radius 2 is 2.00 bits per heavy atom. The number of aryl methyl sites for hydroxylation is 1. The first kappa shape index (κ1) is 14.0. The van der Waals surface area contributed by atoms with Crippen LogP contribution in [0.5, 0.6) is 0 Å². The van der Waals surface area contributed by atoms with E-state index in [0.717, 1.165) is 19.6 Å². The molecule has 1 heterocycles. The highest BCUT2D eigenvalue weighted by Gasteiger charge is 2.22. The highest BCUT2D eigenvalue weighted by Crippen LogP contribution is 2.14. The summed E-state index contributed by atoms with van der Waals surface area (Å²) in [5, 5.41) is 0. The Bertz CT molecular complexity index is 456. The quantitative estimate of drug-likeness (QED) is 0.881. The van der Waals surface area contributed by atoms with Gasteiger partial charge in [0.15, 0.2) is 0 Å². The Kier molecular flexibility index (Phi) is 4.50. The highest BCUT2D eigenvalue weighted by molar-refractivity contribution is 5.95. The maximum atomic E-state index is 13.0. The molecule has 1 amide bonds. The number of nitrogens with two attached hydrogens (primary N) is 1. The summed E-state index contributed by atoms with van der Waals surface area (Å²) in [7, 11) is 0. The van der Waals surface area contributed by atoms with Crippen LogP contribution in [-0.4, -0.2) is 55.0 Å². The highest BCUT2D eigenvalue weighted by atomic mass is 19.1. The van der Waals surface area contributed by atoms with Crippen LogP contribution < -0.4 is 5.73 Å². The molecular weight excluding hydrogens is 245 g/mol. The van der Waals surface area contributed by atoms with E-state index in [4.69, 9.17) is 5.73 Å². The molecule has 1 aliphatic rings. The molecule has 104 valence electrons. The molecule has 2 N–H and O–H groups in total. The third-order valence-corrected chi connectivity index (χ3v) is 3.52. The van der Waals surface area contributed by atoms with Gasteiger partial charge in [-0.2, -0.15) is 0 Å². The number of hydrogen-bond acceptors (Lipinski definition) is 3. The first-order valence-corrected chi connectivity index (χ1v) is 6.59. The van der Waals surface area contributed by atoms with Crippen molar-refractivity contribution in [3.05, 3.63) is 35.1 Å². The molecule has 0 unspecified atom stereocenters. The Morgan fingerprint density at radius 3 is 2.58 bits per heavy atom. The maximum Gasteiger partial charge on any atom is 0.254 e. The number of carbonyl (C=O) groups excluding carboxylic acids is 1. The summed E-state index contributed by atoms with van der Waals surface area (Å²) in [4.78, 5) is 16.4. The smallest absolute Gasteiger partial charge is 0.254 e. The average molecular weight is 265 g/mol. The van der Waals surface area contributed by atoms with Crippen LogP contribution >= 0.6 is 0 Å². The predicted octanol–water partition coefficient (Wildman–Crippen LogP) is 0.851. The molecule has 0 atom stereocenters. The average Bonchev–Trinajstić information content (AvgIpc) is 2.39. The lowest BCUT2D eigenvalue weighted by Gasteiger charge is -2.34. The monoisotopic (exact) mass is 265 g/mol. The van der Waals surface area contributed by atoms with Crippen molar-refractivity contribution < 1.29 is 9.18 Å². The summed E-state index contributed by atoms with van der Waals surface area (Å²) in [6.07, 6.45) is 0. The van der Waals surface area contributed by atoms with Crippen LogP contribution in [0.3, 0.4) is 0 Å². The lowest BCUT2D eigenvalue weighted by molar-refractivity contribution is 0.0640. The third-order valence-electron chi connectivity index (χ3n) is 3.52. The van der Waals surface area contributed by atoms with Crippen LogP contribution in [-0.2, 0) is 0 Å². The summed E-state index contributed by atoms with van der Waals surface area (Å²) in [6, 6.07) is 4.31. The molecular formula is C14H20FN3O. The van der Waals surface area contributed by atoms with Crippen LogP contribution in [0.1, 0.15) is 15.9 Å². The number of halogens is 1. The lowest BCUT2D eigenvalue weighted by atomic mass is 10.1. The largest absolute Gasteiger partial charge is 0.336 e. The van der Waals surface area contributed by atoms with Crippen LogP contribution in [0.15, 0.2) is 18.2 Å². The molecule has 1 aliphatic heterocycles. The van der Waals surface area contributed by atoms with Crippen molar-refractivity contribution in [3.8, 4) is 0 Å². The first-order chi connectivity index (χ1) is 9.11. The van der Waals surface area contributed by atoms with E-state index in [1.54, 1.807) is 13.0 Å². The van der Waals surface area contributed by atoms with Crippen LogP contribution in [0.25, 0.3) is 0 Å². The summed E-state index contributed by atoms with van der Waals surface area (Å²) in [5.74, 6) is -0.313. The van der Waals surface area contributed by atoms with Crippen LogP contribution in [0.2, 0.25) is 0 Å². The van der Waals surface area contributed by atoms with Gasteiger partial charge in [0.25, 0.3) is 5.91 Å². The molecule has 0 radical (unpaired) electrons. The topological polar surface area (TPSA) is 49.6 Å². The van der Waals surface area contributed by atoms with E-state index in [0.29, 0.717) is 30.8 Å². The standard InChI is InChI=1S/C14H20FN3O/c1-11-10-12(15)2-3-13(11)14(19)18-8-6-17(5-4-16)7-9-18/h2-3,10H,4-9,16H2,1H3. The van der Waals surface area contributed by atoms with E-state index >= 15 is 0 Å². The Morgan fingerprint density at radius 1 is 1.32 bits per heavy atom. The Labute approximate surface area is 113 Å². The second kappa shape index (κ2) is 6.12. The maximum absolute atomic E-state index is 13.0. The fraction of sp³-hybridized carbons (Fsp3) is 0.500. The van der Waals surface area contributed by atoms with E-state index in [1.165, 1.54) is 12.1 Å². The minimum absolute atomic E-state index is 0.00935. The minimum Gasteiger partial charge on any atom is -0.336 e. The number of carbonyl (C=O) groups is 1. The van der Waals surface area contributed by atoms with Gasteiger partial charge in [0.05, 0.1) is 0 Å². The molecule has 0 aromatic heterocycles. The zero-order chi connectivity index (χ0) is 13.8. The van der Waals surface area contributed by atoms with Crippen molar-refractivity contribution in [2.24, 2.45) is 5.73 Å². The molecule has 1 aromatic carbocycles. The molecule has 1 fully saturated rings. The Balaban J connectivity index is 2.01. The predicted molar refractivity (Wildman–Crippen MR) is 72.5 cm³/mol. The van der Waals surface area contributed by atoms with Gasteiger partial charge in [-0.1, -0.05) is 0 Å². The van der Waals surface area contributed by atoms with Gasteiger partial charge in [0.2, 0.25) is 0 Å². The summed E-state index contributed by atoms with van der Waals surface area (Å²) >= 11 is 0. The van der Waals surface area contributed by atoms with Crippen molar-refractivity contribution in [1.29, 1.82) is 0 Å². The molecule has 1 aromatic rings. The van der Waals surface area contributed by atoms with Gasteiger partial charge in [-0.15, -0.1) is 0 Å². The second-order valence-corrected chi connectivity index (χ2v) is 4.88. The zero-order valence-corrected chi connectivity index (χ0v) is 11.2. The number of benzene rings is 1. The molecule has 5 heteroatoms. The lowest BCUT2D eigenvalue weighted by Crippen LogP contribution is -2.49. The zero-order valence-electron chi connectivity index (χ0n) is 11.2. The van der Waals surface area contributed by atoms with Crippen LogP contribution in [0.4, 0.5) is 4.39 Å². The van der Waals surface area contributed by atoms with E-state index in [9.17, 15) is 9.18 Å². The number of amides is 1. The van der Waals surface area contributed by atoms with E-state index in [-0.39, 0.29) is 11.7 Å². The molecule has 0 saturated carbocycles. The van der Waals surface area contributed by atoms with Gasteiger partial charge >= 0.3 is 0 Å². The van der Waals surface area contributed by atoms with Gasteiger partial charge < -0.3 is 10.6 Å².